The number of rotatable bonds is 0. The number of fused-ring (bicyclic) bond motifs is 1. The van der Waals surface area contributed by atoms with Crippen molar-refractivity contribution in [1.82, 2.24) is 10.2 Å². The summed E-state index contributed by atoms with van der Waals surface area (Å²) in [5.41, 5.74) is 5.21. The van der Waals surface area contributed by atoms with Gasteiger partial charge in [0.05, 0.1) is 0 Å². The van der Waals surface area contributed by atoms with Gasteiger partial charge in [-0.15, -0.1) is 0 Å². The average molecular weight is 155 g/mol. The van der Waals surface area contributed by atoms with Gasteiger partial charge in [0.15, 0.2) is 0 Å². The van der Waals surface area contributed by atoms with E-state index in [1.807, 2.05) is 0 Å². The number of urea groups is 1. The Kier molecular flexibility index (Phi) is 1.49. The van der Waals surface area contributed by atoms with Gasteiger partial charge in [-0.25, -0.2) is 4.79 Å². The minimum absolute atomic E-state index is 0.263. The van der Waals surface area contributed by atoms with Crippen molar-refractivity contribution in [3.63, 3.8) is 0 Å². The average Bonchev–Trinajstić information content (AvgIpc) is 2.41. The number of hydrogen-bond acceptors (Lipinski definition) is 2. The van der Waals surface area contributed by atoms with E-state index in [-0.39, 0.29) is 6.03 Å². The van der Waals surface area contributed by atoms with Gasteiger partial charge in [0, 0.05) is 25.7 Å². The lowest BCUT2D eigenvalue weighted by Crippen LogP contribution is -2.42. The van der Waals surface area contributed by atoms with Gasteiger partial charge in [-0.3, -0.25) is 0 Å². The molecule has 0 radical (unpaired) electrons. The van der Waals surface area contributed by atoms with Crippen LogP contribution in [0.1, 0.15) is 6.42 Å². The molecular formula is C7H13N3O. The highest BCUT2D eigenvalue weighted by molar-refractivity contribution is 5.72. The highest BCUT2D eigenvalue weighted by Crippen LogP contribution is 2.26. The van der Waals surface area contributed by atoms with Crippen molar-refractivity contribution in [2.45, 2.75) is 12.5 Å². The topological polar surface area (TPSA) is 58.4 Å². The van der Waals surface area contributed by atoms with E-state index in [0.29, 0.717) is 12.0 Å². The second-order valence-corrected chi connectivity index (χ2v) is 3.31. The van der Waals surface area contributed by atoms with Crippen LogP contribution in [0.4, 0.5) is 4.79 Å². The lowest BCUT2D eigenvalue weighted by Gasteiger charge is -2.20. The molecule has 0 aliphatic carbocycles. The third-order valence-corrected chi connectivity index (χ3v) is 2.73. The first kappa shape index (κ1) is 6.91. The fourth-order valence-electron chi connectivity index (χ4n) is 2.12. The SMILES string of the molecule is NC(=O)N1CC[C@@H]2CNC[C@@H]21. The summed E-state index contributed by atoms with van der Waals surface area (Å²) in [5.74, 6) is 0.655. The number of amides is 2. The molecular weight excluding hydrogens is 142 g/mol. The Labute approximate surface area is 65.7 Å². The normalized spacial score (nSPS) is 35.8. The molecule has 0 saturated carbocycles. The van der Waals surface area contributed by atoms with Crippen LogP contribution in [0.5, 0.6) is 0 Å². The zero-order valence-electron chi connectivity index (χ0n) is 6.42. The van der Waals surface area contributed by atoms with E-state index in [0.717, 1.165) is 26.1 Å². The van der Waals surface area contributed by atoms with Crippen LogP contribution in [0.3, 0.4) is 0 Å². The maximum absolute atomic E-state index is 10.9. The van der Waals surface area contributed by atoms with Crippen molar-refractivity contribution in [3.05, 3.63) is 0 Å². The summed E-state index contributed by atoms with van der Waals surface area (Å²) in [7, 11) is 0. The Bertz CT molecular complexity index is 183. The Hall–Kier alpha value is -0.770. The molecule has 4 heteroatoms. The molecule has 2 amide bonds. The first-order valence-electron chi connectivity index (χ1n) is 4.06. The number of likely N-dealkylation sites (tertiary alicyclic amines) is 1. The number of nitrogens with two attached hydrogens (primary N) is 1. The molecule has 0 aromatic heterocycles. The molecule has 2 aliphatic rings. The Morgan fingerprint density at radius 3 is 3.09 bits per heavy atom. The molecule has 2 fully saturated rings. The van der Waals surface area contributed by atoms with Crippen LogP contribution < -0.4 is 11.1 Å². The van der Waals surface area contributed by atoms with Crippen LogP contribution in [0.15, 0.2) is 0 Å². The minimum Gasteiger partial charge on any atom is -0.351 e. The Morgan fingerprint density at radius 1 is 1.55 bits per heavy atom. The van der Waals surface area contributed by atoms with Crippen molar-refractivity contribution in [3.8, 4) is 0 Å². The summed E-state index contributed by atoms with van der Waals surface area (Å²) >= 11 is 0. The van der Waals surface area contributed by atoms with Crippen LogP contribution in [0.2, 0.25) is 0 Å². The van der Waals surface area contributed by atoms with E-state index >= 15 is 0 Å². The van der Waals surface area contributed by atoms with Crippen molar-refractivity contribution < 1.29 is 4.79 Å². The van der Waals surface area contributed by atoms with Gasteiger partial charge < -0.3 is 16.0 Å². The molecule has 0 unspecified atom stereocenters. The highest BCUT2D eigenvalue weighted by atomic mass is 16.2. The summed E-state index contributed by atoms with van der Waals surface area (Å²) in [6.07, 6.45) is 1.11. The number of carbonyl (C=O) groups is 1. The third-order valence-electron chi connectivity index (χ3n) is 2.73. The molecule has 4 nitrogen and oxygen atoms in total. The second kappa shape index (κ2) is 2.37. The van der Waals surface area contributed by atoms with Crippen molar-refractivity contribution >= 4 is 6.03 Å². The van der Waals surface area contributed by atoms with E-state index in [9.17, 15) is 4.79 Å². The fraction of sp³-hybridized carbons (Fsp3) is 0.857. The number of hydrogen-bond donors (Lipinski definition) is 2. The number of primary amides is 1. The second-order valence-electron chi connectivity index (χ2n) is 3.31. The molecule has 2 atom stereocenters. The van der Waals surface area contributed by atoms with Gasteiger partial charge in [0.1, 0.15) is 0 Å². The lowest BCUT2D eigenvalue weighted by molar-refractivity contribution is 0.202. The van der Waals surface area contributed by atoms with Gasteiger partial charge in [-0.1, -0.05) is 0 Å². The summed E-state index contributed by atoms with van der Waals surface area (Å²) < 4.78 is 0. The van der Waals surface area contributed by atoms with E-state index < -0.39 is 0 Å². The predicted molar refractivity (Wildman–Crippen MR) is 41.1 cm³/mol. The molecule has 2 saturated heterocycles. The van der Waals surface area contributed by atoms with Crippen LogP contribution in [0, 0.1) is 5.92 Å². The summed E-state index contributed by atoms with van der Waals surface area (Å²) in [6.45, 7) is 2.83. The smallest absolute Gasteiger partial charge is 0.315 e. The van der Waals surface area contributed by atoms with Crippen LogP contribution in [-0.4, -0.2) is 36.6 Å². The summed E-state index contributed by atoms with van der Waals surface area (Å²) in [5, 5.41) is 3.26. The Morgan fingerprint density at radius 2 is 2.36 bits per heavy atom. The molecule has 62 valence electrons. The van der Waals surface area contributed by atoms with Crippen LogP contribution in [0.25, 0.3) is 0 Å². The van der Waals surface area contributed by atoms with Crippen molar-refractivity contribution in [2.75, 3.05) is 19.6 Å². The van der Waals surface area contributed by atoms with Gasteiger partial charge in [0.25, 0.3) is 0 Å². The number of carbonyl (C=O) groups excluding carboxylic acids is 1. The van der Waals surface area contributed by atoms with Crippen LogP contribution in [-0.2, 0) is 0 Å². The van der Waals surface area contributed by atoms with E-state index in [2.05, 4.69) is 5.32 Å². The molecule has 3 N–H and O–H groups in total. The quantitative estimate of drug-likeness (QED) is 0.489. The van der Waals surface area contributed by atoms with Crippen molar-refractivity contribution in [1.29, 1.82) is 0 Å². The van der Waals surface area contributed by atoms with Gasteiger partial charge in [-0.2, -0.15) is 0 Å². The molecule has 0 aromatic rings. The Balaban J connectivity index is 2.08. The largest absolute Gasteiger partial charge is 0.351 e. The monoisotopic (exact) mass is 155 g/mol. The molecule has 0 aromatic carbocycles. The first-order chi connectivity index (χ1) is 5.29. The minimum atomic E-state index is -0.263. The third kappa shape index (κ3) is 0.976. The zero-order chi connectivity index (χ0) is 7.84. The highest BCUT2D eigenvalue weighted by Gasteiger charge is 2.38. The maximum atomic E-state index is 10.9. The van der Waals surface area contributed by atoms with E-state index in [1.165, 1.54) is 0 Å². The standard InChI is InChI=1S/C7H13N3O/c8-7(11)10-2-1-5-3-9-4-6(5)10/h5-6,9H,1-4H2,(H2,8,11)/t5-,6+/m1/s1. The van der Waals surface area contributed by atoms with Gasteiger partial charge in [-0.05, 0) is 12.3 Å². The van der Waals surface area contributed by atoms with Gasteiger partial charge >= 0.3 is 6.03 Å². The number of nitrogens with zero attached hydrogens (tertiary/aromatic N) is 1. The zero-order valence-corrected chi connectivity index (χ0v) is 6.42. The molecule has 2 heterocycles. The predicted octanol–water partition coefficient (Wildman–Crippen LogP) is -0.641. The van der Waals surface area contributed by atoms with Crippen LogP contribution >= 0.6 is 0 Å². The fourth-order valence-corrected chi connectivity index (χ4v) is 2.12. The summed E-state index contributed by atoms with van der Waals surface area (Å²) in [6, 6.07) is 0.119. The van der Waals surface area contributed by atoms with Crippen molar-refractivity contribution in [2.24, 2.45) is 11.7 Å². The van der Waals surface area contributed by atoms with Gasteiger partial charge in [0.2, 0.25) is 0 Å². The first-order valence-corrected chi connectivity index (χ1v) is 4.06. The van der Waals surface area contributed by atoms with E-state index in [1.54, 1.807) is 4.90 Å². The number of nitrogens with one attached hydrogen (secondary N) is 1. The molecule has 2 rings (SSSR count). The molecule has 2 aliphatic heterocycles. The summed E-state index contributed by atoms with van der Waals surface area (Å²) in [4.78, 5) is 12.6. The van der Waals surface area contributed by atoms with E-state index in [4.69, 9.17) is 5.73 Å². The lowest BCUT2D eigenvalue weighted by atomic mass is 10.1. The molecule has 0 spiro atoms. The maximum Gasteiger partial charge on any atom is 0.315 e. The molecule has 11 heavy (non-hydrogen) atoms. The molecule has 0 bridgehead atoms.